The van der Waals surface area contributed by atoms with E-state index in [4.69, 9.17) is 0 Å². The molecule has 0 N–H and O–H groups in total. The van der Waals surface area contributed by atoms with Gasteiger partial charge in [-0.3, -0.25) is 0 Å². The van der Waals surface area contributed by atoms with Gasteiger partial charge in [-0.2, -0.15) is 0 Å². The number of rotatable bonds is 8. The SMILES string of the molecule is [2H]c1c([2H])c([2H])c2c(c1[2H])c1c([2H])c([2H])c([2H])c([2H])c1n2-c1ccc2c(c1)N(c1c(-c3ccccc3)cc(C(C)(C)C)cc1-c1ccccc1)c1cc3c(c4c1B2c1ccc(-n2c5c([2H])c([2H])c([2H])c([2H])c5c5c([2H])c([2H])c([2H])c([2H])c52)cc1N4c1c(-c2ccccc2)cc(C(C)(C)C)cc1-c1ccccc1)c1cccc2c4ccccc4c4ccccc4c4ccccc4n3c21. The molecular formula is C110H80BN5. The molecule has 548 valence electrons. The van der Waals surface area contributed by atoms with Gasteiger partial charge in [-0.15, -0.1) is 0 Å². The Morgan fingerprint density at radius 2 is 0.612 bits per heavy atom. The van der Waals surface area contributed by atoms with Crippen molar-refractivity contribution in [1.29, 1.82) is 0 Å². The lowest BCUT2D eigenvalue weighted by molar-refractivity contribution is 0.590. The molecule has 6 heteroatoms. The van der Waals surface area contributed by atoms with Gasteiger partial charge in [0.2, 0.25) is 0 Å². The van der Waals surface area contributed by atoms with E-state index in [0.29, 0.717) is 39.4 Å². The summed E-state index contributed by atoms with van der Waals surface area (Å²) in [5.74, 6) is 0. The third-order valence-electron chi connectivity index (χ3n) is 24.1. The summed E-state index contributed by atoms with van der Waals surface area (Å²) >= 11 is 0. The van der Waals surface area contributed by atoms with E-state index in [1.54, 1.807) is 9.13 Å². The number of hydrogen-bond acceptors (Lipinski definition) is 2. The molecule has 0 saturated heterocycles. The molecule has 0 radical (unpaired) electrons. The number of nitrogens with zero attached hydrogens (tertiary/aromatic N) is 5. The first-order chi connectivity index (χ1) is 63.5. The lowest BCUT2D eigenvalue weighted by Crippen LogP contribution is -2.61. The molecule has 0 atom stereocenters. The Hall–Kier alpha value is -14.2. The summed E-state index contributed by atoms with van der Waals surface area (Å²) in [6.07, 6.45) is 0. The van der Waals surface area contributed by atoms with E-state index < -0.39 is 114 Å². The minimum Gasteiger partial charge on any atom is -0.310 e. The molecule has 0 fully saturated rings. The quantitative estimate of drug-likeness (QED) is 0.141. The minimum atomic E-state index is -0.885. The monoisotopic (exact) mass is 1500 g/mol. The standard InChI is InChI=1S/C110H80BN5/c1-109(2,3)73-62-88(69-34-11-7-12-35-69)106(89(63-73)70-36-13-8-14-37-70)115-99-66-75(112-94-53-28-24-47-82(94)83-48-25-29-54-95(83)112)58-60-92(99)111-93-61-59-76(113-96-55-30-26-49-84(96)85-50-27-31-56-97(85)113)67-100(93)116(107-90(71-38-15-9-16-39-71)64-74(110(4,5)6)65-91(107)72-40-17-10-18-41-72)108-103-87-52-33-51-86-80-45-22-20-43-78(80)77-42-19-21-44-79(77)81-46-23-32-57-98(81)114(105(86)87)101(103)68-102(115)104(108)111/h7-68H,1-6H3/i24D,25D,26D,27D,28D,29D,30D,31D,47D,48D,49D,50D,53D,54D,55D,56D. The number of hydrogen-bond donors (Lipinski definition) is 0. The molecule has 0 bridgehead atoms. The summed E-state index contributed by atoms with van der Waals surface area (Å²) in [6.45, 7) is 12.4. The first kappa shape index (κ1) is 52.9. The average Bonchev–Trinajstić information content (AvgIpc) is 1.41. The summed E-state index contributed by atoms with van der Waals surface area (Å²) in [6, 6.07) is 89.1. The smallest absolute Gasteiger partial charge is 0.252 e. The topological polar surface area (TPSA) is 20.8 Å². The highest BCUT2D eigenvalue weighted by molar-refractivity contribution is 7.00. The number of anilines is 6. The molecule has 0 amide bonds. The zero-order chi connectivity index (χ0) is 91.3. The maximum atomic E-state index is 10.1. The Bertz CT molecular complexity index is 8480. The summed E-state index contributed by atoms with van der Waals surface area (Å²) in [7, 11) is 0. The lowest BCUT2D eigenvalue weighted by Gasteiger charge is -2.46. The molecular weight excluding hydrogens is 1400 g/mol. The second-order valence-corrected chi connectivity index (χ2v) is 32.7. The van der Waals surface area contributed by atoms with E-state index >= 15 is 0 Å². The molecule has 5 nitrogen and oxygen atoms in total. The molecule has 0 aliphatic carbocycles. The third-order valence-corrected chi connectivity index (χ3v) is 24.1. The number of benzene rings is 17. The Labute approximate surface area is 697 Å². The van der Waals surface area contributed by atoms with Gasteiger partial charge in [-0.1, -0.05) is 332 Å². The van der Waals surface area contributed by atoms with Gasteiger partial charge >= 0.3 is 0 Å². The third kappa shape index (κ3) is 10.1. The molecule has 0 spiro atoms. The van der Waals surface area contributed by atoms with Crippen molar-refractivity contribution in [1.82, 2.24) is 13.5 Å². The molecule has 116 heavy (non-hydrogen) atoms. The summed E-state index contributed by atoms with van der Waals surface area (Å²) in [5, 5.41) is 7.26. The van der Waals surface area contributed by atoms with Crippen molar-refractivity contribution in [3.63, 3.8) is 0 Å². The fraction of sp³-hybridized carbons (Fsp3) is 0.0727. The van der Waals surface area contributed by atoms with Gasteiger partial charge in [-0.25, -0.2) is 0 Å². The molecule has 2 aliphatic heterocycles. The van der Waals surface area contributed by atoms with Crippen LogP contribution in [-0.4, -0.2) is 20.2 Å². The van der Waals surface area contributed by atoms with Crippen LogP contribution in [0, 0.1) is 0 Å². The van der Waals surface area contributed by atoms with Crippen molar-refractivity contribution < 1.29 is 21.9 Å². The molecule has 6 heterocycles. The van der Waals surface area contributed by atoms with Crippen molar-refractivity contribution in [2.75, 3.05) is 9.80 Å². The van der Waals surface area contributed by atoms with Gasteiger partial charge < -0.3 is 23.3 Å². The minimum absolute atomic E-state index is 0.0643. The van der Waals surface area contributed by atoms with Crippen molar-refractivity contribution >= 4 is 160 Å². The highest BCUT2D eigenvalue weighted by Crippen LogP contribution is 2.58. The lowest BCUT2D eigenvalue weighted by atomic mass is 9.33. The van der Waals surface area contributed by atoms with Crippen molar-refractivity contribution in [3.05, 3.63) is 387 Å². The predicted octanol–water partition coefficient (Wildman–Crippen LogP) is 27.8. The second kappa shape index (κ2) is 25.7. The van der Waals surface area contributed by atoms with Gasteiger partial charge in [-0.05, 0) is 167 Å². The van der Waals surface area contributed by atoms with Gasteiger partial charge in [0.15, 0.2) is 0 Å². The summed E-state index contributed by atoms with van der Waals surface area (Å²) in [5.41, 5.74) is 17.1. The number of fused-ring (bicyclic) bond motifs is 21. The Balaban J connectivity index is 1.02. The largest absolute Gasteiger partial charge is 0.310 e. The van der Waals surface area contributed by atoms with E-state index in [1.807, 2.05) is 72.8 Å². The van der Waals surface area contributed by atoms with Crippen LogP contribution in [-0.2, 0) is 10.8 Å². The molecule has 17 aromatic carbocycles. The molecule has 2 aliphatic rings. The fourth-order valence-electron chi connectivity index (χ4n) is 18.9. The molecule has 23 rings (SSSR count). The molecule has 0 saturated carbocycles. The first-order valence-electron chi connectivity index (χ1n) is 47.5. The second-order valence-electron chi connectivity index (χ2n) is 32.7. The maximum absolute atomic E-state index is 10.1. The van der Waals surface area contributed by atoms with Crippen LogP contribution in [0.25, 0.3) is 159 Å². The van der Waals surface area contributed by atoms with Crippen LogP contribution in [0.4, 0.5) is 34.1 Å². The van der Waals surface area contributed by atoms with Crippen molar-refractivity contribution in [2.45, 2.75) is 52.4 Å². The highest BCUT2D eigenvalue weighted by atomic mass is 15.2. The summed E-state index contributed by atoms with van der Waals surface area (Å²) in [4.78, 5) is 4.81. The maximum Gasteiger partial charge on any atom is 0.252 e. The van der Waals surface area contributed by atoms with Crippen LogP contribution in [0.3, 0.4) is 0 Å². The van der Waals surface area contributed by atoms with Gasteiger partial charge in [0.05, 0.1) is 77.6 Å². The Morgan fingerprint density at radius 1 is 0.267 bits per heavy atom. The average molecular weight is 1500 g/mol. The van der Waals surface area contributed by atoms with E-state index in [1.165, 1.54) is 0 Å². The predicted molar refractivity (Wildman–Crippen MR) is 496 cm³/mol. The first-order valence-corrected chi connectivity index (χ1v) is 39.5. The zero-order valence-corrected chi connectivity index (χ0v) is 64.4. The summed E-state index contributed by atoms with van der Waals surface area (Å²) < 4.78 is 160. The van der Waals surface area contributed by atoms with Gasteiger partial charge in [0, 0.05) is 93.8 Å². The number of para-hydroxylation sites is 6. The van der Waals surface area contributed by atoms with Crippen molar-refractivity contribution in [2.24, 2.45) is 0 Å². The van der Waals surface area contributed by atoms with Crippen LogP contribution in [0.15, 0.2) is 376 Å². The van der Waals surface area contributed by atoms with Crippen LogP contribution in [0.5, 0.6) is 0 Å². The van der Waals surface area contributed by atoms with Gasteiger partial charge in [0.1, 0.15) is 0 Å². The molecule has 21 aromatic rings. The Kier molecular flexibility index (Phi) is 11.7. The molecule has 0 unspecified atom stereocenters. The number of aromatic nitrogens is 3. The molecule has 4 aromatic heterocycles. The van der Waals surface area contributed by atoms with Crippen LogP contribution < -0.4 is 26.2 Å². The Morgan fingerprint density at radius 3 is 1.03 bits per heavy atom. The van der Waals surface area contributed by atoms with Crippen molar-refractivity contribution in [3.8, 4) is 55.9 Å². The van der Waals surface area contributed by atoms with Crippen LogP contribution >= 0.6 is 0 Å². The van der Waals surface area contributed by atoms with Crippen LogP contribution in [0.1, 0.15) is 74.6 Å². The van der Waals surface area contributed by atoms with Gasteiger partial charge in [0.25, 0.3) is 6.71 Å². The highest BCUT2D eigenvalue weighted by Gasteiger charge is 2.48. The van der Waals surface area contributed by atoms with E-state index in [-0.39, 0.29) is 43.6 Å². The van der Waals surface area contributed by atoms with Crippen LogP contribution in [0.2, 0.25) is 0 Å². The zero-order valence-electron chi connectivity index (χ0n) is 80.4. The van der Waals surface area contributed by atoms with E-state index in [0.717, 1.165) is 138 Å². The fourth-order valence-corrected chi connectivity index (χ4v) is 18.9. The normalized spacial score (nSPS) is 14.8. The van der Waals surface area contributed by atoms with E-state index in [9.17, 15) is 21.9 Å². The van der Waals surface area contributed by atoms with E-state index in [2.05, 4.69) is 262 Å².